The monoisotopic (exact) mass is 372 g/mol. The first-order chi connectivity index (χ1) is 13.2. The van der Waals surface area contributed by atoms with Gasteiger partial charge in [-0.2, -0.15) is 0 Å². The molecular weight excluding hydrogens is 336 g/mol. The van der Waals surface area contributed by atoms with Crippen LogP contribution in [0.3, 0.4) is 0 Å². The summed E-state index contributed by atoms with van der Waals surface area (Å²) in [6, 6.07) is 11.0. The number of carbonyl (C=O) groups excluding carboxylic acids is 1. The third kappa shape index (κ3) is 4.82. The van der Waals surface area contributed by atoms with E-state index >= 15 is 0 Å². The van der Waals surface area contributed by atoms with E-state index in [0.29, 0.717) is 6.54 Å². The molecule has 0 aromatic heterocycles. The summed E-state index contributed by atoms with van der Waals surface area (Å²) in [5.41, 5.74) is 7.14. The van der Waals surface area contributed by atoms with Gasteiger partial charge in [0.05, 0.1) is 0 Å². The first-order valence-corrected chi connectivity index (χ1v) is 10.7. The van der Waals surface area contributed by atoms with E-state index in [1.165, 1.54) is 5.56 Å². The molecule has 0 saturated carbocycles. The molecule has 5 nitrogen and oxygen atoms in total. The Bertz CT molecular complexity index is 583. The molecule has 150 valence electrons. The van der Waals surface area contributed by atoms with Crippen LogP contribution in [0.2, 0.25) is 0 Å². The van der Waals surface area contributed by atoms with Crippen LogP contribution in [0, 0.1) is 0 Å². The van der Waals surface area contributed by atoms with Crippen molar-refractivity contribution < 1.29 is 4.79 Å². The van der Waals surface area contributed by atoms with Gasteiger partial charge >= 0.3 is 6.03 Å². The zero-order chi connectivity index (χ0) is 19.1. The average Bonchev–Trinajstić information content (AvgIpc) is 2.71. The highest BCUT2D eigenvalue weighted by atomic mass is 16.2. The van der Waals surface area contributed by atoms with E-state index in [-0.39, 0.29) is 11.6 Å². The highest BCUT2D eigenvalue weighted by molar-refractivity contribution is 5.76. The van der Waals surface area contributed by atoms with Crippen LogP contribution in [0.5, 0.6) is 0 Å². The standard InChI is InChI=1S/C22H36N4O/c1-2-14-26-21(27)25(15-6-13-23)19-12-22(26)10-17-24(18-11-22)16-9-20-7-4-3-5-8-20/h3-5,7-8H,2,6,9-19,23H2,1H3. The van der Waals surface area contributed by atoms with Gasteiger partial charge < -0.3 is 20.4 Å². The van der Waals surface area contributed by atoms with Crippen LogP contribution >= 0.6 is 0 Å². The second-order valence-electron chi connectivity index (χ2n) is 8.12. The molecule has 1 aromatic carbocycles. The van der Waals surface area contributed by atoms with Crippen LogP contribution in [-0.2, 0) is 6.42 Å². The number of urea groups is 1. The fraction of sp³-hybridized carbons (Fsp3) is 0.682. The summed E-state index contributed by atoms with van der Waals surface area (Å²) >= 11 is 0. The number of hydrogen-bond donors (Lipinski definition) is 1. The quantitative estimate of drug-likeness (QED) is 0.763. The maximum Gasteiger partial charge on any atom is 0.320 e. The topological polar surface area (TPSA) is 52.8 Å². The number of amides is 2. The van der Waals surface area contributed by atoms with Crippen LogP contribution in [0.1, 0.15) is 44.6 Å². The molecule has 0 radical (unpaired) electrons. The van der Waals surface area contributed by atoms with Gasteiger partial charge in [0.2, 0.25) is 0 Å². The van der Waals surface area contributed by atoms with Crippen LogP contribution < -0.4 is 5.73 Å². The predicted molar refractivity (Wildman–Crippen MR) is 111 cm³/mol. The second-order valence-corrected chi connectivity index (χ2v) is 8.12. The van der Waals surface area contributed by atoms with Crippen molar-refractivity contribution in [1.29, 1.82) is 0 Å². The molecule has 27 heavy (non-hydrogen) atoms. The van der Waals surface area contributed by atoms with Gasteiger partial charge in [-0.05, 0) is 50.6 Å². The normalized spacial score (nSPS) is 20.4. The van der Waals surface area contributed by atoms with Crippen LogP contribution in [0.15, 0.2) is 30.3 Å². The third-order valence-electron chi connectivity index (χ3n) is 6.35. The molecule has 2 heterocycles. The molecule has 1 spiro atoms. The number of hydrogen-bond acceptors (Lipinski definition) is 3. The molecule has 2 aliphatic rings. The van der Waals surface area contributed by atoms with Crippen molar-refractivity contribution >= 4 is 6.03 Å². The smallest absolute Gasteiger partial charge is 0.320 e. The SMILES string of the molecule is CCCN1C(=O)N(CCCN)CCC12CCN(CCc1ccccc1)CC2. The lowest BCUT2D eigenvalue weighted by Crippen LogP contribution is -2.65. The zero-order valence-electron chi connectivity index (χ0n) is 16.9. The highest BCUT2D eigenvalue weighted by Crippen LogP contribution is 2.36. The van der Waals surface area contributed by atoms with Gasteiger partial charge in [-0.15, -0.1) is 0 Å². The van der Waals surface area contributed by atoms with E-state index in [1.807, 2.05) is 4.90 Å². The van der Waals surface area contributed by atoms with Gasteiger partial charge in [-0.25, -0.2) is 4.79 Å². The minimum Gasteiger partial charge on any atom is -0.330 e. The van der Waals surface area contributed by atoms with Crippen molar-refractivity contribution in [3.05, 3.63) is 35.9 Å². The summed E-state index contributed by atoms with van der Waals surface area (Å²) in [5.74, 6) is 0. The Hall–Kier alpha value is -1.59. The molecule has 1 aromatic rings. The molecular formula is C22H36N4O. The molecule has 3 rings (SSSR count). The number of nitrogens with zero attached hydrogens (tertiary/aromatic N) is 3. The number of nitrogens with two attached hydrogens (primary N) is 1. The molecule has 0 atom stereocenters. The molecule has 2 aliphatic heterocycles. The van der Waals surface area contributed by atoms with Gasteiger partial charge in [0.25, 0.3) is 0 Å². The predicted octanol–water partition coefficient (Wildman–Crippen LogP) is 2.95. The summed E-state index contributed by atoms with van der Waals surface area (Å²) in [6.07, 6.45) is 6.35. The van der Waals surface area contributed by atoms with Gasteiger partial charge in [0.15, 0.2) is 0 Å². The molecule has 5 heteroatoms. The van der Waals surface area contributed by atoms with Crippen molar-refractivity contribution in [3.8, 4) is 0 Å². The Kier molecular flexibility index (Phi) is 7.13. The average molecular weight is 373 g/mol. The summed E-state index contributed by atoms with van der Waals surface area (Å²) in [7, 11) is 0. The van der Waals surface area contributed by atoms with Crippen LogP contribution in [-0.4, -0.2) is 72.1 Å². The number of likely N-dealkylation sites (tertiary alicyclic amines) is 1. The van der Waals surface area contributed by atoms with E-state index < -0.39 is 0 Å². The maximum absolute atomic E-state index is 13.1. The molecule has 2 amide bonds. The number of carbonyl (C=O) groups is 1. The number of piperidine rings is 1. The van der Waals surface area contributed by atoms with E-state index in [2.05, 4.69) is 47.1 Å². The van der Waals surface area contributed by atoms with Gasteiger partial charge in [0.1, 0.15) is 0 Å². The fourth-order valence-corrected chi connectivity index (χ4v) is 4.64. The van der Waals surface area contributed by atoms with E-state index in [1.54, 1.807) is 0 Å². The second kappa shape index (κ2) is 9.56. The van der Waals surface area contributed by atoms with Gasteiger partial charge in [0, 0.05) is 44.8 Å². The summed E-state index contributed by atoms with van der Waals surface area (Å²) < 4.78 is 0. The number of benzene rings is 1. The molecule has 2 fully saturated rings. The minimum absolute atomic E-state index is 0.0789. The van der Waals surface area contributed by atoms with Crippen molar-refractivity contribution in [1.82, 2.24) is 14.7 Å². The molecule has 2 saturated heterocycles. The van der Waals surface area contributed by atoms with Gasteiger partial charge in [-0.3, -0.25) is 0 Å². The molecule has 0 bridgehead atoms. The first kappa shape index (κ1) is 20.2. The van der Waals surface area contributed by atoms with Crippen molar-refractivity contribution in [3.63, 3.8) is 0 Å². The van der Waals surface area contributed by atoms with Crippen molar-refractivity contribution in [2.75, 3.05) is 45.8 Å². The fourth-order valence-electron chi connectivity index (χ4n) is 4.64. The van der Waals surface area contributed by atoms with Crippen LogP contribution in [0.25, 0.3) is 0 Å². The maximum atomic E-state index is 13.1. The van der Waals surface area contributed by atoms with Crippen LogP contribution in [0.4, 0.5) is 4.79 Å². The Labute approximate surface area is 164 Å². The van der Waals surface area contributed by atoms with E-state index in [0.717, 1.165) is 77.8 Å². The minimum atomic E-state index is 0.0789. The third-order valence-corrected chi connectivity index (χ3v) is 6.35. The summed E-state index contributed by atoms with van der Waals surface area (Å²) in [6.45, 7) is 8.71. The van der Waals surface area contributed by atoms with Crippen molar-refractivity contribution in [2.45, 2.75) is 51.0 Å². The summed E-state index contributed by atoms with van der Waals surface area (Å²) in [4.78, 5) is 19.9. The lowest BCUT2D eigenvalue weighted by Gasteiger charge is -2.54. The first-order valence-electron chi connectivity index (χ1n) is 10.7. The van der Waals surface area contributed by atoms with E-state index in [9.17, 15) is 4.79 Å². The van der Waals surface area contributed by atoms with E-state index in [4.69, 9.17) is 5.73 Å². The lowest BCUT2D eigenvalue weighted by molar-refractivity contribution is -0.00236. The molecule has 0 aliphatic carbocycles. The number of rotatable bonds is 8. The Morgan fingerprint density at radius 3 is 2.37 bits per heavy atom. The lowest BCUT2D eigenvalue weighted by atomic mass is 9.80. The summed E-state index contributed by atoms with van der Waals surface area (Å²) in [5, 5.41) is 0. The highest BCUT2D eigenvalue weighted by Gasteiger charge is 2.46. The Morgan fingerprint density at radius 1 is 1.00 bits per heavy atom. The van der Waals surface area contributed by atoms with Crippen molar-refractivity contribution in [2.24, 2.45) is 5.73 Å². The Balaban J connectivity index is 1.57. The molecule has 2 N–H and O–H groups in total. The largest absolute Gasteiger partial charge is 0.330 e. The zero-order valence-corrected chi connectivity index (χ0v) is 16.9. The van der Waals surface area contributed by atoms with Gasteiger partial charge in [-0.1, -0.05) is 37.3 Å². The molecule has 0 unspecified atom stereocenters. The Morgan fingerprint density at radius 2 is 1.70 bits per heavy atom.